The van der Waals surface area contributed by atoms with Gasteiger partial charge in [-0.2, -0.15) is 18.4 Å². The predicted octanol–water partition coefficient (Wildman–Crippen LogP) is 2.92. The van der Waals surface area contributed by atoms with Crippen molar-refractivity contribution in [2.45, 2.75) is 6.18 Å². The molecule has 0 aromatic heterocycles. The molecule has 0 aliphatic carbocycles. The minimum absolute atomic E-state index is 0.0385. The fourth-order valence-electron chi connectivity index (χ4n) is 1.31. The normalized spacial score (nSPS) is 10.8. The summed E-state index contributed by atoms with van der Waals surface area (Å²) in [5.74, 6) is 0.179. The van der Waals surface area contributed by atoms with Gasteiger partial charge in [0.05, 0.1) is 12.1 Å². The summed E-state index contributed by atoms with van der Waals surface area (Å²) in [6.07, 6.45) is -4.48. The molecule has 102 valence electrons. The SMILES string of the molecule is N#CSCCN(c1ccc(C(F)(F)F)cc1)[N+](=O)[O-]. The molecule has 0 N–H and O–H groups in total. The number of anilines is 1. The van der Waals surface area contributed by atoms with E-state index in [2.05, 4.69) is 0 Å². The fourth-order valence-corrected chi connectivity index (χ4v) is 1.66. The molecule has 0 aliphatic heterocycles. The first-order valence-corrected chi connectivity index (χ1v) is 5.95. The molecule has 0 bridgehead atoms. The summed E-state index contributed by atoms with van der Waals surface area (Å²) in [5.41, 5.74) is -0.831. The van der Waals surface area contributed by atoms with Gasteiger partial charge in [0, 0.05) is 5.75 Å². The van der Waals surface area contributed by atoms with Crippen molar-refractivity contribution in [1.29, 1.82) is 5.26 Å². The second kappa shape index (κ2) is 6.29. The number of alkyl halides is 3. The van der Waals surface area contributed by atoms with E-state index in [0.717, 1.165) is 36.0 Å². The standard InChI is InChI=1S/C10H8F3N3O2S/c11-10(12,13)8-1-3-9(4-2-8)15(16(17)18)5-6-19-7-14/h1-4H,5-6H2. The van der Waals surface area contributed by atoms with Crippen molar-refractivity contribution in [3.63, 3.8) is 0 Å². The fraction of sp³-hybridized carbons (Fsp3) is 0.300. The highest BCUT2D eigenvalue weighted by Gasteiger charge is 2.30. The van der Waals surface area contributed by atoms with Crippen LogP contribution >= 0.6 is 11.8 Å². The summed E-state index contributed by atoms with van der Waals surface area (Å²) in [6.45, 7) is -0.0728. The van der Waals surface area contributed by atoms with Crippen LogP contribution in [-0.2, 0) is 6.18 Å². The molecule has 0 atom stereocenters. The molecular formula is C10H8F3N3O2S. The van der Waals surface area contributed by atoms with Crippen molar-refractivity contribution in [2.75, 3.05) is 17.3 Å². The number of hydrogen-bond acceptors (Lipinski definition) is 4. The largest absolute Gasteiger partial charge is 0.416 e. The monoisotopic (exact) mass is 291 g/mol. The summed E-state index contributed by atoms with van der Waals surface area (Å²) in [5, 5.41) is 20.8. The number of rotatable bonds is 5. The summed E-state index contributed by atoms with van der Waals surface area (Å²) < 4.78 is 37.0. The van der Waals surface area contributed by atoms with Crippen LogP contribution in [0.3, 0.4) is 0 Å². The molecule has 0 unspecified atom stereocenters. The Morgan fingerprint density at radius 1 is 1.37 bits per heavy atom. The van der Waals surface area contributed by atoms with Crippen LogP contribution in [0.4, 0.5) is 18.9 Å². The maximum atomic E-state index is 12.3. The van der Waals surface area contributed by atoms with E-state index in [4.69, 9.17) is 5.26 Å². The van der Waals surface area contributed by atoms with E-state index in [-0.39, 0.29) is 18.0 Å². The minimum atomic E-state index is -4.48. The number of thiocyanates is 1. The maximum absolute atomic E-state index is 12.3. The third-order valence-corrected chi connectivity index (χ3v) is 2.68. The van der Waals surface area contributed by atoms with E-state index in [1.165, 1.54) is 0 Å². The van der Waals surface area contributed by atoms with Crippen LogP contribution in [0.15, 0.2) is 24.3 Å². The highest BCUT2D eigenvalue weighted by atomic mass is 32.2. The molecule has 0 saturated heterocycles. The smallest absolute Gasteiger partial charge is 0.234 e. The van der Waals surface area contributed by atoms with E-state index in [0.29, 0.717) is 5.01 Å². The molecule has 0 radical (unpaired) electrons. The van der Waals surface area contributed by atoms with Gasteiger partial charge in [0.15, 0.2) is 5.03 Å². The zero-order valence-electron chi connectivity index (χ0n) is 9.42. The van der Waals surface area contributed by atoms with E-state index in [1.807, 2.05) is 0 Å². The van der Waals surface area contributed by atoms with Crippen LogP contribution in [0.25, 0.3) is 0 Å². The average Bonchev–Trinajstić information content (AvgIpc) is 2.33. The number of hydrogen-bond donors (Lipinski definition) is 0. The van der Waals surface area contributed by atoms with Gasteiger partial charge in [-0.1, -0.05) is 5.01 Å². The van der Waals surface area contributed by atoms with Crippen LogP contribution in [0.5, 0.6) is 0 Å². The topological polar surface area (TPSA) is 70.2 Å². The third kappa shape index (κ3) is 4.33. The Balaban J connectivity index is 2.86. The molecule has 1 rings (SSSR count). The van der Waals surface area contributed by atoms with Gasteiger partial charge in [-0.05, 0) is 36.0 Å². The van der Waals surface area contributed by atoms with Crippen molar-refractivity contribution in [1.82, 2.24) is 0 Å². The molecule has 5 nitrogen and oxygen atoms in total. The van der Waals surface area contributed by atoms with Gasteiger partial charge in [0.1, 0.15) is 11.1 Å². The molecule has 0 heterocycles. The van der Waals surface area contributed by atoms with Crippen molar-refractivity contribution < 1.29 is 18.2 Å². The third-order valence-electron chi connectivity index (χ3n) is 2.16. The molecule has 0 amide bonds. The molecule has 0 fully saturated rings. The Morgan fingerprint density at radius 2 is 1.95 bits per heavy atom. The average molecular weight is 291 g/mol. The lowest BCUT2D eigenvalue weighted by atomic mass is 10.2. The highest BCUT2D eigenvalue weighted by molar-refractivity contribution is 8.03. The van der Waals surface area contributed by atoms with Gasteiger partial charge in [0.25, 0.3) is 0 Å². The summed E-state index contributed by atoms with van der Waals surface area (Å²) in [4.78, 5) is 10.8. The number of nitro groups is 1. The van der Waals surface area contributed by atoms with Gasteiger partial charge >= 0.3 is 6.18 Å². The van der Waals surface area contributed by atoms with E-state index < -0.39 is 16.8 Å². The zero-order chi connectivity index (χ0) is 14.5. The molecule has 0 spiro atoms. The molecule has 9 heteroatoms. The summed E-state index contributed by atoms with van der Waals surface area (Å²) in [7, 11) is 0. The van der Waals surface area contributed by atoms with Gasteiger partial charge in [-0.25, -0.2) is 10.1 Å². The number of hydrazine groups is 1. The molecular weight excluding hydrogens is 283 g/mol. The lowest BCUT2D eigenvalue weighted by Gasteiger charge is -2.14. The van der Waals surface area contributed by atoms with Gasteiger partial charge in [-0.15, -0.1) is 0 Å². The van der Waals surface area contributed by atoms with Crippen LogP contribution in [0, 0.1) is 20.8 Å². The van der Waals surface area contributed by atoms with Crippen LogP contribution in [-0.4, -0.2) is 17.3 Å². The van der Waals surface area contributed by atoms with Gasteiger partial charge < -0.3 is 0 Å². The lowest BCUT2D eigenvalue weighted by molar-refractivity contribution is -0.493. The summed E-state index contributed by atoms with van der Waals surface area (Å²) >= 11 is 0.835. The molecule has 1 aromatic rings. The first-order chi connectivity index (χ1) is 8.86. The highest BCUT2D eigenvalue weighted by Crippen LogP contribution is 2.30. The number of nitriles is 1. The number of thioether (sulfide) groups is 1. The quantitative estimate of drug-likeness (QED) is 0.361. The van der Waals surface area contributed by atoms with Crippen LogP contribution in [0.1, 0.15) is 5.56 Å². The van der Waals surface area contributed by atoms with Crippen molar-refractivity contribution in [2.24, 2.45) is 0 Å². The number of halogens is 3. The second-order valence-electron chi connectivity index (χ2n) is 3.35. The van der Waals surface area contributed by atoms with Crippen molar-refractivity contribution in [3.05, 3.63) is 39.9 Å². The Bertz CT molecular complexity index is 484. The second-order valence-corrected chi connectivity index (χ2v) is 4.22. The molecule has 0 aliphatic rings. The van der Waals surface area contributed by atoms with E-state index >= 15 is 0 Å². The van der Waals surface area contributed by atoms with Crippen molar-refractivity contribution >= 4 is 17.4 Å². The molecule has 0 saturated carbocycles. The van der Waals surface area contributed by atoms with Crippen molar-refractivity contribution in [3.8, 4) is 5.40 Å². The maximum Gasteiger partial charge on any atom is 0.416 e. The first-order valence-electron chi connectivity index (χ1n) is 4.96. The van der Waals surface area contributed by atoms with E-state index in [1.54, 1.807) is 5.40 Å². The first kappa shape index (κ1) is 15.1. The van der Waals surface area contributed by atoms with E-state index in [9.17, 15) is 23.3 Å². The zero-order valence-corrected chi connectivity index (χ0v) is 10.2. The Labute approximate surface area is 110 Å². The molecule has 19 heavy (non-hydrogen) atoms. The minimum Gasteiger partial charge on any atom is -0.234 e. The Morgan fingerprint density at radius 3 is 2.37 bits per heavy atom. The number of nitrogens with zero attached hydrogens (tertiary/aromatic N) is 3. The Hall–Kier alpha value is -1.95. The Kier molecular flexibility index (Phi) is 5.00. The predicted molar refractivity (Wildman–Crippen MR) is 63.9 cm³/mol. The van der Waals surface area contributed by atoms with Crippen LogP contribution < -0.4 is 5.01 Å². The van der Waals surface area contributed by atoms with Gasteiger partial charge in [-0.3, -0.25) is 0 Å². The summed E-state index contributed by atoms with van der Waals surface area (Å²) in [6, 6.07) is 3.62. The van der Waals surface area contributed by atoms with Crippen LogP contribution in [0.2, 0.25) is 0 Å². The lowest BCUT2D eigenvalue weighted by Crippen LogP contribution is -2.32. The molecule has 1 aromatic carbocycles. The number of benzene rings is 1. The van der Waals surface area contributed by atoms with Gasteiger partial charge in [0.2, 0.25) is 0 Å².